The van der Waals surface area contributed by atoms with Crippen molar-refractivity contribution >= 4 is 17.5 Å². The summed E-state index contributed by atoms with van der Waals surface area (Å²) in [7, 11) is 0. The number of anilines is 1. The van der Waals surface area contributed by atoms with Gasteiger partial charge in [-0.25, -0.2) is 17.9 Å². The van der Waals surface area contributed by atoms with Gasteiger partial charge in [0.25, 0.3) is 5.91 Å². The van der Waals surface area contributed by atoms with Crippen LogP contribution in [0, 0.1) is 24.4 Å². The standard InChI is InChI=1S/C29H24F3N5O2/c1-17-4-5-25-19(11-17)12-27(38)36(25)20-6-9-35(10-7-20)29(39)24-15-26(18-3-2-8-33-16-18)37(34-24)21-13-22(30)28(32)23(31)14-21/h2-5,8,11,13-16,20H,6-7,9-10,12H2,1H3. The van der Waals surface area contributed by atoms with Gasteiger partial charge in [0.05, 0.1) is 17.8 Å². The first-order valence-electron chi connectivity index (χ1n) is 12.7. The van der Waals surface area contributed by atoms with E-state index in [9.17, 15) is 22.8 Å². The maximum absolute atomic E-state index is 14.0. The Hall–Kier alpha value is -4.47. The topological polar surface area (TPSA) is 71.3 Å². The molecule has 0 radical (unpaired) electrons. The predicted octanol–water partition coefficient (Wildman–Crippen LogP) is 4.85. The fraction of sp³-hybridized carbons (Fsp3) is 0.241. The molecule has 198 valence electrons. The van der Waals surface area contributed by atoms with Gasteiger partial charge in [0.2, 0.25) is 5.91 Å². The van der Waals surface area contributed by atoms with Crippen molar-refractivity contribution in [3.8, 4) is 16.9 Å². The third-order valence-corrected chi connectivity index (χ3v) is 7.32. The minimum atomic E-state index is -1.58. The van der Waals surface area contributed by atoms with Gasteiger partial charge in [-0.3, -0.25) is 14.6 Å². The number of hydrogen-bond donors (Lipinski definition) is 0. The van der Waals surface area contributed by atoms with Gasteiger partial charge in [0, 0.05) is 54.9 Å². The summed E-state index contributed by atoms with van der Waals surface area (Å²) >= 11 is 0. The number of carbonyl (C=O) groups excluding carboxylic acids is 2. The number of aryl methyl sites for hydroxylation is 1. The zero-order valence-corrected chi connectivity index (χ0v) is 21.1. The Labute approximate surface area is 222 Å². The van der Waals surface area contributed by atoms with Crippen LogP contribution in [0.4, 0.5) is 18.9 Å². The van der Waals surface area contributed by atoms with E-state index < -0.39 is 17.5 Å². The maximum Gasteiger partial charge on any atom is 0.274 e. The van der Waals surface area contributed by atoms with E-state index in [-0.39, 0.29) is 29.2 Å². The molecule has 0 saturated carbocycles. The maximum atomic E-state index is 14.0. The number of hydrogen-bond acceptors (Lipinski definition) is 4. The normalized spacial score (nSPS) is 15.6. The second-order valence-corrected chi connectivity index (χ2v) is 9.89. The molecule has 1 fully saturated rings. The van der Waals surface area contributed by atoms with Crippen LogP contribution in [0.25, 0.3) is 16.9 Å². The van der Waals surface area contributed by atoms with E-state index in [1.165, 1.54) is 16.9 Å². The van der Waals surface area contributed by atoms with Crippen molar-refractivity contribution in [3.05, 3.63) is 95.2 Å². The molecule has 4 aromatic rings. The first kappa shape index (κ1) is 24.8. The summed E-state index contributed by atoms with van der Waals surface area (Å²) in [6.07, 6.45) is 4.71. The van der Waals surface area contributed by atoms with Crippen molar-refractivity contribution in [1.82, 2.24) is 19.7 Å². The van der Waals surface area contributed by atoms with Crippen molar-refractivity contribution in [3.63, 3.8) is 0 Å². The molecule has 2 amide bonds. The number of likely N-dealkylation sites (tertiary alicyclic amines) is 1. The van der Waals surface area contributed by atoms with Gasteiger partial charge in [-0.2, -0.15) is 5.10 Å². The lowest BCUT2D eigenvalue weighted by molar-refractivity contribution is -0.118. The van der Waals surface area contributed by atoms with Crippen molar-refractivity contribution in [2.45, 2.75) is 32.2 Å². The highest BCUT2D eigenvalue weighted by Crippen LogP contribution is 2.34. The molecule has 10 heteroatoms. The zero-order valence-electron chi connectivity index (χ0n) is 21.1. The summed E-state index contributed by atoms with van der Waals surface area (Å²) in [4.78, 5) is 33.9. The van der Waals surface area contributed by atoms with E-state index in [4.69, 9.17) is 0 Å². The Morgan fingerprint density at radius 3 is 2.44 bits per heavy atom. The van der Waals surface area contributed by atoms with Gasteiger partial charge >= 0.3 is 0 Å². The lowest BCUT2D eigenvalue weighted by Gasteiger charge is -2.36. The quantitative estimate of drug-likeness (QED) is 0.353. The Balaban J connectivity index is 1.26. The van der Waals surface area contributed by atoms with Gasteiger partial charge in [0.1, 0.15) is 0 Å². The van der Waals surface area contributed by atoms with Crippen LogP contribution in [-0.4, -0.2) is 50.6 Å². The number of aromatic nitrogens is 3. The van der Waals surface area contributed by atoms with E-state index in [1.807, 2.05) is 30.0 Å². The van der Waals surface area contributed by atoms with E-state index in [1.54, 1.807) is 23.2 Å². The average molecular weight is 532 g/mol. The lowest BCUT2D eigenvalue weighted by atomic mass is 10.0. The highest BCUT2D eigenvalue weighted by Gasteiger charge is 2.36. The van der Waals surface area contributed by atoms with Crippen LogP contribution >= 0.6 is 0 Å². The molecule has 0 unspecified atom stereocenters. The number of carbonyl (C=O) groups is 2. The smallest absolute Gasteiger partial charge is 0.274 e. The summed E-state index contributed by atoms with van der Waals surface area (Å²) in [5.74, 6) is -4.58. The van der Waals surface area contributed by atoms with Gasteiger partial charge in [-0.15, -0.1) is 0 Å². The summed E-state index contributed by atoms with van der Waals surface area (Å²) in [6.45, 7) is 2.84. The average Bonchev–Trinajstić information content (AvgIpc) is 3.52. The SMILES string of the molecule is Cc1ccc2c(c1)CC(=O)N2C1CCN(C(=O)c2cc(-c3cccnc3)n(-c3cc(F)c(F)c(F)c3)n2)CC1. The predicted molar refractivity (Wildman–Crippen MR) is 138 cm³/mol. The van der Waals surface area contributed by atoms with Crippen LogP contribution in [-0.2, 0) is 11.2 Å². The molecule has 39 heavy (non-hydrogen) atoms. The molecule has 2 aliphatic rings. The summed E-state index contributed by atoms with van der Waals surface area (Å²) in [6, 6.07) is 12.6. The van der Waals surface area contributed by atoms with Gasteiger partial charge in [0.15, 0.2) is 23.1 Å². The molecular weight excluding hydrogens is 507 g/mol. The van der Waals surface area contributed by atoms with Crippen molar-refractivity contribution in [2.24, 2.45) is 0 Å². The minimum absolute atomic E-state index is 0.0146. The monoisotopic (exact) mass is 531 g/mol. The minimum Gasteiger partial charge on any atom is -0.337 e. The Bertz CT molecular complexity index is 1570. The summed E-state index contributed by atoms with van der Waals surface area (Å²) in [5.41, 5.74) is 4.03. The highest BCUT2D eigenvalue weighted by atomic mass is 19.2. The van der Waals surface area contributed by atoms with Crippen molar-refractivity contribution < 1.29 is 22.8 Å². The van der Waals surface area contributed by atoms with E-state index in [0.717, 1.165) is 28.9 Å². The molecule has 2 aliphatic heterocycles. The highest BCUT2D eigenvalue weighted by molar-refractivity contribution is 6.02. The second kappa shape index (κ2) is 9.68. The molecule has 0 bridgehead atoms. The Morgan fingerprint density at radius 2 is 1.74 bits per heavy atom. The number of amides is 2. The Morgan fingerprint density at radius 1 is 1.00 bits per heavy atom. The fourth-order valence-corrected chi connectivity index (χ4v) is 5.43. The fourth-order valence-electron chi connectivity index (χ4n) is 5.43. The van der Waals surface area contributed by atoms with Crippen LogP contribution < -0.4 is 4.90 Å². The van der Waals surface area contributed by atoms with Crippen molar-refractivity contribution in [1.29, 1.82) is 0 Å². The number of piperidine rings is 1. The lowest BCUT2D eigenvalue weighted by Crippen LogP contribution is -2.48. The van der Waals surface area contributed by atoms with E-state index >= 15 is 0 Å². The number of rotatable bonds is 4. The van der Waals surface area contributed by atoms with Crippen LogP contribution in [0.5, 0.6) is 0 Å². The largest absolute Gasteiger partial charge is 0.337 e. The molecule has 6 rings (SSSR count). The molecule has 4 heterocycles. The Kier molecular flexibility index (Phi) is 6.17. The molecule has 2 aromatic carbocycles. The molecule has 0 spiro atoms. The molecule has 2 aromatic heterocycles. The van der Waals surface area contributed by atoms with Crippen LogP contribution in [0.2, 0.25) is 0 Å². The van der Waals surface area contributed by atoms with Gasteiger partial charge in [-0.05, 0) is 49.6 Å². The van der Waals surface area contributed by atoms with Crippen LogP contribution in [0.1, 0.15) is 34.5 Å². The van der Waals surface area contributed by atoms with E-state index in [0.29, 0.717) is 43.6 Å². The van der Waals surface area contributed by atoms with E-state index in [2.05, 4.69) is 10.1 Å². The third kappa shape index (κ3) is 4.45. The molecule has 0 atom stereocenters. The third-order valence-electron chi connectivity index (χ3n) is 7.32. The van der Waals surface area contributed by atoms with Crippen LogP contribution in [0.3, 0.4) is 0 Å². The molecule has 0 N–H and O–H groups in total. The van der Waals surface area contributed by atoms with Crippen molar-refractivity contribution in [2.75, 3.05) is 18.0 Å². The molecule has 0 aliphatic carbocycles. The first-order valence-corrected chi connectivity index (χ1v) is 12.7. The molecule has 1 saturated heterocycles. The second-order valence-electron chi connectivity index (χ2n) is 9.89. The van der Waals surface area contributed by atoms with Gasteiger partial charge < -0.3 is 9.80 Å². The first-order chi connectivity index (χ1) is 18.8. The number of halogens is 3. The number of benzene rings is 2. The number of pyridine rings is 1. The summed E-state index contributed by atoms with van der Waals surface area (Å²) in [5, 5.41) is 4.37. The molecule has 7 nitrogen and oxygen atoms in total. The summed E-state index contributed by atoms with van der Waals surface area (Å²) < 4.78 is 42.9. The number of nitrogens with zero attached hydrogens (tertiary/aromatic N) is 5. The van der Waals surface area contributed by atoms with Gasteiger partial charge in [-0.1, -0.05) is 17.7 Å². The zero-order chi connectivity index (χ0) is 27.3. The van der Waals surface area contributed by atoms with Crippen LogP contribution in [0.15, 0.2) is 60.9 Å². The molecular formula is C29H24F3N5O2. The number of fused-ring (bicyclic) bond motifs is 1.